The zero-order valence-electron chi connectivity index (χ0n) is 9.68. The first kappa shape index (κ1) is 12.9. The van der Waals surface area contributed by atoms with Crippen molar-refractivity contribution in [3.63, 3.8) is 0 Å². The first-order valence-electron chi connectivity index (χ1n) is 5.32. The Balaban J connectivity index is 2.44. The SMILES string of the molecule is Cc1cc(F)ccc1S(=O)(=O)N1CCSC1C. The Morgan fingerprint density at radius 3 is 2.71 bits per heavy atom. The van der Waals surface area contributed by atoms with Crippen LogP contribution in [0.1, 0.15) is 12.5 Å². The van der Waals surface area contributed by atoms with Gasteiger partial charge in [0.1, 0.15) is 5.82 Å². The number of halogens is 1. The summed E-state index contributed by atoms with van der Waals surface area (Å²) in [5.41, 5.74) is 0.453. The molecule has 6 heteroatoms. The quantitative estimate of drug-likeness (QED) is 0.830. The largest absolute Gasteiger partial charge is 0.244 e. The number of benzene rings is 1. The van der Waals surface area contributed by atoms with Crippen molar-refractivity contribution in [1.29, 1.82) is 0 Å². The van der Waals surface area contributed by atoms with Crippen molar-refractivity contribution in [2.75, 3.05) is 12.3 Å². The molecule has 0 aromatic heterocycles. The topological polar surface area (TPSA) is 37.4 Å². The van der Waals surface area contributed by atoms with Gasteiger partial charge in [-0.05, 0) is 37.6 Å². The summed E-state index contributed by atoms with van der Waals surface area (Å²) in [7, 11) is -3.49. The minimum absolute atomic E-state index is 0.0514. The molecule has 1 fully saturated rings. The fourth-order valence-corrected chi connectivity index (χ4v) is 5.16. The molecular weight excluding hydrogens is 261 g/mol. The molecule has 0 spiro atoms. The van der Waals surface area contributed by atoms with Gasteiger partial charge in [-0.2, -0.15) is 4.31 Å². The summed E-state index contributed by atoms with van der Waals surface area (Å²) in [6.45, 7) is 4.00. The van der Waals surface area contributed by atoms with Gasteiger partial charge in [-0.1, -0.05) is 0 Å². The third kappa shape index (κ3) is 2.34. The molecule has 1 aromatic rings. The van der Waals surface area contributed by atoms with E-state index in [0.29, 0.717) is 12.1 Å². The molecule has 0 amide bonds. The molecule has 0 aliphatic carbocycles. The molecule has 2 rings (SSSR count). The lowest BCUT2D eigenvalue weighted by atomic mass is 10.2. The van der Waals surface area contributed by atoms with Crippen molar-refractivity contribution in [3.05, 3.63) is 29.6 Å². The number of sulfonamides is 1. The predicted octanol–water partition coefficient (Wildman–Crippen LogP) is 2.22. The zero-order valence-corrected chi connectivity index (χ0v) is 11.3. The predicted molar refractivity (Wildman–Crippen MR) is 66.9 cm³/mol. The van der Waals surface area contributed by atoms with Crippen LogP contribution in [-0.2, 0) is 10.0 Å². The average Bonchev–Trinajstić information content (AvgIpc) is 2.64. The van der Waals surface area contributed by atoms with Gasteiger partial charge in [0.2, 0.25) is 10.0 Å². The Kier molecular flexibility index (Phi) is 3.47. The molecule has 17 heavy (non-hydrogen) atoms. The van der Waals surface area contributed by atoms with E-state index < -0.39 is 15.8 Å². The lowest BCUT2D eigenvalue weighted by Gasteiger charge is -2.21. The lowest BCUT2D eigenvalue weighted by molar-refractivity contribution is 0.441. The van der Waals surface area contributed by atoms with Crippen molar-refractivity contribution in [1.82, 2.24) is 4.31 Å². The highest BCUT2D eigenvalue weighted by Gasteiger charge is 2.33. The molecule has 1 atom stereocenters. The second-order valence-corrected chi connectivity index (χ2v) is 7.28. The van der Waals surface area contributed by atoms with Crippen molar-refractivity contribution < 1.29 is 12.8 Å². The van der Waals surface area contributed by atoms with E-state index in [9.17, 15) is 12.8 Å². The Hall–Kier alpha value is -0.590. The molecule has 3 nitrogen and oxygen atoms in total. The van der Waals surface area contributed by atoms with Gasteiger partial charge in [-0.15, -0.1) is 11.8 Å². The first-order valence-corrected chi connectivity index (χ1v) is 7.81. The summed E-state index contributed by atoms with van der Waals surface area (Å²) >= 11 is 1.61. The van der Waals surface area contributed by atoms with Crippen LogP contribution in [0.4, 0.5) is 4.39 Å². The monoisotopic (exact) mass is 275 g/mol. The Morgan fingerprint density at radius 2 is 2.18 bits per heavy atom. The van der Waals surface area contributed by atoms with E-state index in [-0.39, 0.29) is 10.3 Å². The van der Waals surface area contributed by atoms with Crippen LogP contribution in [-0.4, -0.2) is 30.4 Å². The summed E-state index contributed by atoms with van der Waals surface area (Å²) < 4.78 is 39.2. The fraction of sp³-hybridized carbons (Fsp3) is 0.455. The van der Waals surface area contributed by atoms with Crippen molar-refractivity contribution in [2.24, 2.45) is 0 Å². The van der Waals surface area contributed by atoms with Crippen LogP contribution in [0.2, 0.25) is 0 Å². The molecule has 0 N–H and O–H groups in total. The van der Waals surface area contributed by atoms with E-state index in [2.05, 4.69) is 0 Å². The van der Waals surface area contributed by atoms with Crippen LogP contribution in [0.25, 0.3) is 0 Å². The van der Waals surface area contributed by atoms with E-state index in [1.54, 1.807) is 18.7 Å². The molecular formula is C11H14FNO2S2. The van der Waals surface area contributed by atoms with Crippen LogP contribution in [0.3, 0.4) is 0 Å². The van der Waals surface area contributed by atoms with Crippen LogP contribution >= 0.6 is 11.8 Å². The van der Waals surface area contributed by atoms with Crippen LogP contribution in [0, 0.1) is 12.7 Å². The summed E-state index contributed by atoms with van der Waals surface area (Å²) in [4.78, 5) is 0.202. The van der Waals surface area contributed by atoms with Crippen molar-refractivity contribution >= 4 is 21.8 Å². The average molecular weight is 275 g/mol. The Bertz CT molecular complexity index is 530. The van der Waals surface area contributed by atoms with E-state index >= 15 is 0 Å². The van der Waals surface area contributed by atoms with Crippen molar-refractivity contribution in [2.45, 2.75) is 24.1 Å². The zero-order chi connectivity index (χ0) is 12.6. The fourth-order valence-electron chi connectivity index (χ4n) is 1.92. The van der Waals surface area contributed by atoms with Gasteiger partial charge in [0, 0.05) is 12.3 Å². The van der Waals surface area contributed by atoms with Gasteiger partial charge in [-0.25, -0.2) is 12.8 Å². The van der Waals surface area contributed by atoms with E-state index in [0.717, 1.165) is 5.75 Å². The number of nitrogens with zero attached hydrogens (tertiary/aromatic N) is 1. The van der Waals surface area contributed by atoms with Gasteiger partial charge in [-0.3, -0.25) is 0 Å². The first-order chi connectivity index (χ1) is 7.93. The van der Waals surface area contributed by atoms with E-state index in [1.165, 1.54) is 22.5 Å². The molecule has 0 radical (unpaired) electrons. The maximum absolute atomic E-state index is 13.0. The van der Waals surface area contributed by atoms with Gasteiger partial charge in [0.25, 0.3) is 0 Å². The molecule has 1 saturated heterocycles. The maximum atomic E-state index is 13.0. The standard InChI is InChI=1S/C11H14FNO2S2/c1-8-7-10(12)3-4-11(8)17(14,15)13-5-6-16-9(13)2/h3-4,7,9H,5-6H2,1-2H3. The van der Waals surface area contributed by atoms with Gasteiger partial charge in [0.05, 0.1) is 10.3 Å². The highest BCUT2D eigenvalue weighted by molar-refractivity contribution is 8.01. The molecule has 1 aliphatic heterocycles. The van der Waals surface area contributed by atoms with Crippen LogP contribution in [0.5, 0.6) is 0 Å². The molecule has 94 valence electrons. The highest BCUT2D eigenvalue weighted by atomic mass is 32.2. The molecule has 1 heterocycles. The molecule has 1 unspecified atom stereocenters. The smallest absolute Gasteiger partial charge is 0.207 e. The number of rotatable bonds is 2. The van der Waals surface area contributed by atoms with E-state index in [4.69, 9.17) is 0 Å². The maximum Gasteiger partial charge on any atom is 0.244 e. The summed E-state index contributed by atoms with van der Waals surface area (Å²) in [6, 6.07) is 3.78. The third-order valence-corrected chi connectivity index (χ3v) is 6.22. The second-order valence-electron chi connectivity index (χ2n) is 4.00. The summed E-state index contributed by atoms with van der Waals surface area (Å²) in [5, 5.41) is -0.0514. The second kappa shape index (κ2) is 4.59. The molecule has 1 aliphatic rings. The number of hydrogen-bond donors (Lipinski definition) is 0. The Labute approximate surface area is 105 Å². The number of hydrogen-bond acceptors (Lipinski definition) is 3. The van der Waals surface area contributed by atoms with Crippen LogP contribution in [0.15, 0.2) is 23.1 Å². The van der Waals surface area contributed by atoms with Gasteiger partial charge < -0.3 is 0 Å². The lowest BCUT2D eigenvalue weighted by Crippen LogP contribution is -2.33. The van der Waals surface area contributed by atoms with E-state index in [1.807, 2.05) is 6.92 Å². The van der Waals surface area contributed by atoms with Crippen molar-refractivity contribution in [3.8, 4) is 0 Å². The Morgan fingerprint density at radius 1 is 1.47 bits per heavy atom. The minimum atomic E-state index is -3.49. The van der Waals surface area contributed by atoms with Crippen LogP contribution < -0.4 is 0 Å². The van der Waals surface area contributed by atoms with Gasteiger partial charge in [0.15, 0.2) is 0 Å². The minimum Gasteiger partial charge on any atom is -0.207 e. The molecule has 1 aromatic carbocycles. The third-order valence-electron chi connectivity index (χ3n) is 2.80. The number of aryl methyl sites for hydroxylation is 1. The van der Waals surface area contributed by atoms with Gasteiger partial charge >= 0.3 is 0 Å². The highest BCUT2D eigenvalue weighted by Crippen LogP contribution is 2.30. The molecule has 0 bridgehead atoms. The molecule has 0 saturated carbocycles. The summed E-state index contributed by atoms with van der Waals surface area (Å²) in [5.74, 6) is 0.394. The number of thioether (sulfide) groups is 1. The normalized spacial score (nSPS) is 21.9. The summed E-state index contributed by atoms with van der Waals surface area (Å²) in [6.07, 6.45) is 0.